The first kappa shape index (κ1) is 25.5. The topological polar surface area (TPSA) is 93.3 Å². The minimum atomic E-state index is -0.139. The van der Waals surface area contributed by atoms with Crippen molar-refractivity contribution in [2.75, 3.05) is 5.75 Å². The summed E-state index contributed by atoms with van der Waals surface area (Å²) in [6.07, 6.45) is 0.965. The Morgan fingerprint density at radius 2 is 0.806 bits per heavy atom. The van der Waals surface area contributed by atoms with Crippen LogP contribution in [0, 0.1) is 0 Å². The van der Waals surface area contributed by atoms with Crippen LogP contribution >= 0.6 is 23.5 Å². The molecule has 0 fully saturated rings. The van der Waals surface area contributed by atoms with Gasteiger partial charge in [0.25, 0.3) is 0 Å². The summed E-state index contributed by atoms with van der Waals surface area (Å²) in [5, 5.41) is 39.9. The van der Waals surface area contributed by atoms with Gasteiger partial charge in [-0.25, -0.2) is 4.40 Å². The van der Waals surface area contributed by atoms with Crippen LogP contribution in [0.1, 0.15) is 40.5 Å². The number of phenols is 4. The van der Waals surface area contributed by atoms with Crippen LogP contribution in [0.2, 0.25) is 0 Å². The zero-order chi connectivity index (χ0) is 25.5. The number of halogens is 1. The van der Waals surface area contributed by atoms with E-state index in [9.17, 15) is 20.4 Å². The van der Waals surface area contributed by atoms with Crippen LogP contribution < -0.4 is 0 Å². The molecule has 0 atom stereocenters. The molecule has 5 rings (SSSR count). The normalized spacial score (nSPS) is 12.8. The van der Waals surface area contributed by atoms with Gasteiger partial charge in [0.2, 0.25) is 0 Å². The zero-order valence-electron chi connectivity index (χ0n) is 19.3. The summed E-state index contributed by atoms with van der Waals surface area (Å²) in [5.74, 6) is 1.55. The summed E-state index contributed by atoms with van der Waals surface area (Å²) in [4.78, 5) is 0. The van der Waals surface area contributed by atoms with E-state index in [0.717, 1.165) is 39.6 Å². The van der Waals surface area contributed by atoms with Gasteiger partial charge in [-0.3, -0.25) is 0 Å². The van der Waals surface area contributed by atoms with Crippen LogP contribution in [-0.4, -0.2) is 31.3 Å². The second kappa shape index (κ2) is 11.9. The smallest absolute Gasteiger partial charge is 0.115 e. The molecule has 1 aliphatic heterocycles. The Bertz CT molecular complexity index is 1110. The number of phenolic OH excluding ortho intramolecular Hbond substituents is 4. The Morgan fingerprint density at radius 3 is 0.972 bits per heavy atom. The number of nitrogens with zero attached hydrogens (tertiary/aromatic N) is 1. The van der Waals surface area contributed by atoms with Gasteiger partial charge >= 0.3 is 0 Å². The summed E-state index contributed by atoms with van der Waals surface area (Å²) >= 11 is 6.98. The SMILES string of the molecule is ClC1=NSCC1.Oc1ccc(C(c2ccc(O)cc2)C(c2ccc(O)cc2)c2ccc(O)cc2)cc1. The molecule has 4 N–H and O–H groups in total. The molecular weight excluding hydrogens is 494 g/mol. The molecular formula is C29H26ClNO4S. The third-order valence-electron chi connectivity index (χ3n) is 5.91. The van der Waals surface area contributed by atoms with E-state index in [0.29, 0.717) is 0 Å². The number of hydrogen-bond acceptors (Lipinski definition) is 6. The molecule has 0 saturated heterocycles. The molecule has 0 aliphatic carbocycles. The first-order chi connectivity index (χ1) is 17.4. The van der Waals surface area contributed by atoms with Crippen molar-refractivity contribution in [3.05, 3.63) is 119 Å². The van der Waals surface area contributed by atoms with E-state index in [4.69, 9.17) is 11.6 Å². The van der Waals surface area contributed by atoms with Gasteiger partial charge in [-0.1, -0.05) is 60.1 Å². The molecule has 0 radical (unpaired) electrons. The van der Waals surface area contributed by atoms with Gasteiger partial charge in [-0.2, -0.15) is 0 Å². The van der Waals surface area contributed by atoms with Crippen molar-refractivity contribution in [1.82, 2.24) is 0 Å². The fraction of sp³-hybridized carbons (Fsp3) is 0.138. The van der Waals surface area contributed by atoms with Crippen LogP contribution in [0.15, 0.2) is 101 Å². The Labute approximate surface area is 219 Å². The Hall–Kier alpha value is -3.61. The molecule has 1 aliphatic rings. The average Bonchev–Trinajstić information content (AvgIpc) is 3.37. The number of aromatic hydroxyl groups is 4. The van der Waals surface area contributed by atoms with Crippen molar-refractivity contribution < 1.29 is 20.4 Å². The first-order valence-electron chi connectivity index (χ1n) is 11.4. The summed E-state index contributed by atoms with van der Waals surface area (Å²) in [6.45, 7) is 0. The predicted molar refractivity (Wildman–Crippen MR) is 146 cm³/mol. The van der Waals surface area contributed by atoms with E-state index in [1.54, 1.807) is 48.5 Å². The molecule has 7 heteroatoms. The highest BCUT2D eigenvalue weighted by Gasteiger charge is 2.28. The lowest BCUT2D eigenvalue weighted by atomic mass is 9.73. The van der Waals surface area contributed by atoms with Crippen LogP contribution in [0.4, 0.5) is 0 Å². The lowest BCUT2D eigenvalue weighted by Gasteiger charge is -2.29. The van der Waals surface area contributed by atoms with Crippen LogP contribution in [0.5, 0.6) is 23.0 Å². The lowest BCUT2D eigenvalue weighted by Crippen LogP contribution is -2.14. The monoisotopic (exact) mass is 519 g/mol. The van der Waals surface area contributed by atoms with Gasteiger partial charge in [-0.15, -0.1) is 0 Å². The van der Waals surface area contributed by atoms with E-state index in [1.165, 1.54) is 11.9 Å². The molecule has 0 unspecified atom stereocenters. The molecule has 4 aromatic rings. The Morgan fingerprint density at radius 1 is 0.528 bits per heavy atom. The molecule has 5 nitrogen and oxygen atoms in total. The summed E-state index contributed by atoms with van der Waals surface area (Å²) in [7, 11) is 0. The quantitative estimate of drug-likeness (QED) is 0.210. The van der Waals surface area contributed by atoms with Gasteiger partial charge in [0, 0.05) is 24.0 Å². The minimum absolute atomic E-state index is 0.139. The van der Waals surface area contributed by atoms with Crippen molar-refractivity contribution in [1.29, 1.82) is 0 Å². The Balaban J connectivity index is 0.000000445. The zero-order valence-corrected chi connectivity index (χ0v) is 20.9. The first-order valence-corrected chi connectivity index (χ1v) is 12.7. The van der Waals surface area contributed by atoms with Crippen molar-refractivity contribution in [2.24, 2.45) is 4.40 Å². The van der Waals surface area contributed by atoms with E-state index in [1.807, 2.05) is 48.5 Å². The highest BCUT2D eigenvalue weighted by atomic mass is 35.5. The second-order valence-electron chi connectivity index (χ2n) is 8.37. The van der Waals surface area contributed by atoms with Crippen LogP contribution in [-0.2, 0) is 0 Å². The molecule has 184 valence electrons. The third-order valence-corrected chi connectivity index (χ3v) is 7.02. The fourth-order valence-electron chi connectivity index (χ4n) is 4.17. The maximum absolute atomic E-state index is 9.79. The molecule has 0 saturated carbocycles. The average molecular weight is 520 g/mol. The maximum Gasteiger partial charge on any atom is 0.115 e. The number of rotatable bonds is 5. The highest BCUT2D eigenvalue weighted by molar-refractivity contribution is 7.98. The van der Waals surface area contributed by atoms with Gasteiger partial charge in [0.05, 0.1) is 0 Å². The predicted octanol–water partition coefficient (Wildman–Crippen LogP) is 7.15. The molecule has 0 amide bonds. The van der Waals surface area contributed by atoms with Crippen molar-refractivity contribution in [2.45, 2.75) is 18.3 Å². The van der Waals surface area contributed by atoms with Gasteiger partial charge < -0.3 is 20.4 Å². The van der Waals surface area contributed by atoms with E-state index >= 15 is 0 Å². The van der Waals surface area contributed by atoms with E-state index < -0.39 is 0 Å². The minimum Gasteiger partial charge on any atom is -0.508 e. The molecule has 0 spiro atoms. The molecule has 1 heterocycles. The third kappa shape index (κ3) is 6.53. The fourth-order valence-corrected chi connectivity index (χ4v) is 5.13. The molecule has 0 bridgehead atoms. The van der Waals surface area contributed by atoms with Crippen molar-refractivity contribution >= 4 is 28.7 Å². The van der Waals surface area contributed by atoms with E-state index in [2.05, 4.69) is 4.40 Å². The summed E-state index contributed by atoms with van der Waals surface area (Å²) < 4.78 is 3.83. The van der Waals surface area contributed by atoms with Gasteiger partial charge in [0.1, 0.15) is 28.2 Å². The summed E-state index contributed by atoms with van der Waals surface area (Å²) in [6, 6.07) is 28.4. The van der Waals surface area contributed by atoms with Gasteiger partial charge in [0.15, 0.2) is 0 Å². The van der Waals surface area contributed by atoms with Crippen LogP contribution in [0.3, 0.4) is 0 Å². The molecule has 4 aromatic carbocycles. The number of benzene rings is 4. The van der Waals surface area contributed by atoms with Crippen molar-refractivity contribution in [3.63, 3.8) is 0 Å². The standard InChI is InChI=1S/C26H22O4.C3H4ClNS/c27-21-9-1-17(2-10-21)25(18-3-11-22(28)12-4-18)26(19-5-13-23(29)14-6-19)20-7-15-24(30)16-8-20;4-3-1-2-6-5-3/h1-16,25-30H;1-2H2. The Kier molecular flexibility index (Phi) is 8.41. The van der Waals surface area contributed by atoms with Gasteiger partial charge in [-0.05, 0) is 82.7 Å². The largest absolute Gasteiger partial charge is 0.508 e. The summed E-state index contributed by atoms with van der Waals surface area (Å²) in [5.41, 5.74) is 3.96. The van der Waals surface area contributed by atoms with Crippen LogP contribution in [0.25, 0.3) is 0 Å². The van der Waals surface area contributed by atoms with E-state index in [-0.39, 0.29) is 34.8 Å². The lowest BCUT2D eigenvalue weighted by molar-refractivity contribution is 0.473. The molecule has 0 aromatic heterocycles. The number of hydrogen-bond donors (Lipinski definition) is 4. The molecule has 36 heavy (non-hydrogen) atoms. The van der Waals surface area contributed by atoms with Crippen molar-refractivity contribution in [3.8, 4) is 23.0 Å². The second-order valence-corrected chi connectivity index (χ2v) is 9.66. The highest BCUT2D eigenvalue weighted by Crippen LogP contribution is 2.44. The maximum atomic E-state index is 9.79.